The zero-order chi connectivity index (χ0) is 26.9. The lowest BCUT2D eigenvalue weighted by Gasteiger charge is -2.31. The summed E-state index contributed by atoms with van der Waals surface area (Å²) in [5, 5.41) is 8.13. The number of para-hydroxylation sites is 1. The Morgan fingerprint density at radius 3 is 2.44 bits per heavy atom. The van der Waals surface area contributed by atoms with Gasteiger partial charge in [-0.05, 0) is 60.9 Å². The summed E-state index contributed by atoms with van der Waals surface area (Å²) in [5.74, 6) is 0.605. The van der Waals surface area contributed by atoms with Gasteiger partial charge in [-0.2, -0.15) is 5.10 Å². The number of carbonyl (C=O) groups excluding carboxylic acids is 1. The molecule has 0 aliphatic carbocycles. The van der Waals surface area contributed by atoms with E-state index in [2.05, 4.69) is 16.8 Å². The monoisotopic (exact) mass is 519 g/mol. The Balaban J connectivity index is 1.48. The van der Waals surface area contributed by atoms with E-state index in [4.69, 9.17) is 5.10 Å². The van der Waals surface area contributed by atoms with Crippen LogP contribution < -0.4 is 5.32 Å². The highest BCUT2D eigenvalue weighted by Gasteiger charge is 2.36. The lowest BCUT2D eigenvalue weighted by molar-refractivity contribution is 0.180. The van der Waals surface area contributed by atoms with E-state index in [0.29, 0.717) is 13.1 Å². The third kappa shape index (κ3) is 4.61. The molecule has 5 aromatic rings. The van der Waals surface area contributed by atoms with Gasteiger partial charge in [-0.15, -0.1) is 0 Å². The van der Waals surface area contributed by atoms with Crippen molar-refractivity contribution in [1.82, 2.24) is 24.6 Å². The predicted molar refractivity (Wildman–Crippen MR) is 149 cm³/mol. The highest BCUT2D eigenvalue weighted by Crippen LogP contribution is 2.38. The first-order chi connectivity index (χ1) is 19.0. The van der Waals surface area contributed by atoms with Gasteiger partial charge < -0.3 is 14.8 Å². The molecule has 0 unspecified atom stereocenters. The first kappa shape index (κ1) is 24.7. The summed E-state index contributed by atoms with van der Waals surface area (Å²) in [6.07, 6.45) is 2.73. The maximum absolute atomic E-state index is 14.0. The Morgan fingerprint density at radius 2 is 1.72 bits per heavy atom. The van der Waals surface area contributed by atoms with Crippen LogP contribution in [0, 0.1) is 12.7 Å². The van der Waals surface area contributed by atoms with E-state index in [-0.39, 0.29) is 11.8 Å². The first-order valence-electron chi connectivity index (χ1n) is 13.2. The Hall–Kier alpha value is -4.65. The van der Waals surface area contributed by atoms with Gasteiger partial charge in [0.25, 0.3) is 0 Å². The lowest BCUT2D eigenvalue weighted by atomic mass is 10.0. The van der Waals surface area contributed by atoms with Crippen LogP contribution in [0.5, 0.6) is 0 Å². The van der Waals surface area contributed by atoms with E-state index in [0.717, 1.165) is 46.0 Å². The van der Waals surface area contributed by atoms with Gasteiger partial charge in [-0.1, -0.05) is 67.1 Å². The molecule has 6 rings (SSSR count). The second-order valence-electron chi connectivity index (χ2n) is 9.88. The number of amides is 2. The van der Waals surface area contributed by atoms with Crippen LogP contribution in [-0.2, 0) is 19.5 Å². The molecular formula is C32H30FN5O. The van der Waals surface area contributed by atoms with Gasteiger partial charge >= 0.3 is 6.03 Å². The smallest absolute Gasteiger partial charge is 0.318 e. The SMILES string of the molecule is CCc1nn(-c2ccccc2)c2c1CN(C(=O)NCc1ccc(C)cc1)[C@@H](c1ccc(F)cc1)c1cccn1-2. The fourth-order valence-electron chi connectivity index (χ4n) is 5.33. The van der Waals surface area contributed by atoms with Crippen molar-refractivity contribution in [1.29, 1.82) is 0 Å². The van der Waals surface area contributed by atoms with Gasteiger partial charge in [-0.3, -0.25) is 0 Å². The van der Waals surface area contributed by atoms with E-state index in [1.165, 1.54) is 17.7 Å². The molecule has 1 N–H and O–H groups in total. The molecule has 1 aliphatic rings. The van der Waals surface area contributed by atoms with Crippen molar-refractivity contribution in [2.75, 3.05) is 0 Å². The number of nitrogens with one attached hydrogen (secondary N) is 1. The minimum atomic E-state index is -0.431. The number of rotatable bonds is 5. The minimum Gasteiger partial charge on any atom is -0.334 e. The highest BCUT2D eigenvalue weighted by atomic mass is 19.1. The number of carbonyl (C=O) groups is 1. The minimum absolute atomic E-state index is 0.194. The molecule has 39 heavy (non-hydrogen) atoms. The van der Waals surface area contributed by atoms with Gasteiger partial charge in [0.15, 0.2) is 0 Å². The number of hydrogen-bond acceptors (Lipinski definition) is 2. The third-order valence-electron chi connectivity index (χ3n) is 7.31. The van der Waals surface area contributed by atoms with Gasteiger partial charge in [-0.25, -0.2) is 13.9 Å². The van der Waals surface area contributed by atoms with Crippen LogP contribution in [0.25, 0.3) is 11.5 Å². The van der Waals surface area contributed by atoms with E-state index in [1.807, 2.05) is 89.4 Å². The first-order valence-corrected chi connectivity index (χ1v) is 13.2. The third-order valence-corrected chi connectivity index (χ3v) is 7.31. The average Bonchev–Trinajstić information content (AvgIpc) is 3.55. The van der Waals surface area contributed by atoms with Crippen molar-refractivity contribution in [2.24, 2.45) is 0 Å². The number of aryl methyl sites for hydroxylation is 2. The Bertz CT molecular complexity index is 1600. The molecular weight excluding hydrogens is 489 g/mol. The number of nitrogens with zero attached hydrogens (tertiary/aromatic N) is 4. The van der Waals surface area contributed by atoms with Gasteiger partial charge in [0.05, 0.1) is 29.7 Å². The molecule has 2 amide bonds. The van der Waals surface area contributed by atoms with E-state index < -0.39 is 6.04 Å². The van der Waals surface area contributed by atoms with Gasteiger partial charge in [0.2, 0.25) is 0 Å². The second kappa shape index (κ2) is 10.3. The summed E-state index contributed by atoms with van der Waals surface area (Å²) in [4.78, 5) is 15.8. The second-order valence-corrected chi connectivity index (χ2v) is 9.88. The van der Waals surface area contributed by atoms with Crippen LogP contribution in [0.4, 0.5) is 9.18 Å². The Kier molecular flexibility index (Phi) is 6.49. The van der Waals surface area contributed by atoms with Gasteiger partial charge in [0.1, 0.15) is 11.6 Å². The van der Waals surface area contributed by atoms with Gasteiger partial charge in [0, 0.05) is 18.3 Å². The molecule has 0 saturated carbocycles. The Morgan fingerprint density at radius 1 is 0.974 bits per heavy atom. The standard InChI is InChI=1S/C32H30FN5O/c1-3-28-27-21-37(32(39)34-20-23-13-11-22(2)12-14-23)30(24-15-17-25(33)18-16-24)29-10-7-19-36(29)31(27)38(35-28)26-8-5-4-6-9-26/h4-19,30H,3,20-21H2,1-2H3,(H,34,39)/t30-/m0/s1. The molecule has 0 bridgehead atoms. The summed E-state index contributed by atoms with van der Waals surface area (Å²) in [7, 11) is 0. The molecule has 1 aliphatic heterocycles. The number of benzene rings is 3. The van der Waals surface area contributed by atoms with Crippen LogP contribution in [0.1, 0.15) is 46.6 Å². The number of fused-ring (bicyclic) bond motifs is 3. The molecule has 0 saturated heterocycles. The van der Waals surface area contributed by atoms with Crippen molar-refractivity contribution in [3.63, 3.8) is 0 Å². The number of aromatic nitrogens is 3. The quantitative estimate of drug-likeness (QED) is 0.289. The van der Waals surface area contributed by atoms with Crippen LogP contribution in [0.15, 0.2) is 97.2 Å². The summed E-state index contributed by atoms with van der Waals surface area (Å²) in [5.41, 5.74) is 6.82. The lowest BCUT2D eigenvalue weighted by Crippen LogP contribution is -2.41. The average molecular weight is 520 g/mol. The van der Waals surface area contributed by atoms with Crippen molar-refractivity contribution in [2.45, 2.75) is 39.4 Å². The normalized spacial score (nSPS) is 14.4. The summed E-state index contributed by atoms with van der Waals surface area (Å²) in [6.45, 7) is 4.89. The summed E-state index contributed by atoms with van der Waals surface area (Å²) < 4.78 is 18.0. The highest BCUT2D eigenvalue weighted by molar-refractivity contribution is 5.76. The topological polar surface area (TPSA) is 55.1 Å². The van der Waals surface area contributed by atoms with Crippen LogP contribution >= 0.6 is 0 Å². The molecule has 1 atom stereocenters. The van der Waals surface area contributed by atoms with Crippen molar-refractivity contribution < 1.29 is 9.18 Å². The molecule has 3 aromatic carbocycles. The molecule has 7 heteroatoms. The molecule has 0 radical (unpaired) electrons. The van der Waals surface area contributed by atoms with Crippen molar-refractivity contribution >= 4 is 6.03 Å². The van der Waals surface area contributed by atoms with E-state index in [9.17, 15) is 9.18 Å². The zero-order valence-corrected chi connectivity index (χ0v) is 22.0. The summed E-state index contributed by atoms with van der Waals surface area (Å²) in [6, 6.07) is 28.0. The maximum Gasteiger partial charge on any atom is 0.318 e. The summed E-state index contributed by atoms with van der Waals surface area (Å²) >= 11 is 0. The number of hydrogen-bond donors (Lipinski definition) is 1. The van der Waals surface area contributed by atoms with E-state index >= 15 is 0 Å². The van der Waals surface area contributed by atoms with Crippen LogP contribution in [0.3, 0.4) is 0 Å². The van der Waals surface area contributed by atoms with Crippen LogP contribution in [-0.4, -0.2) is 25.3 Å². The van der Waals surface area contributed by atoms with Crippen molar-refractivity contribution in [3.05, 3.63) is 137 Å². The fourth-order valence-corrected chi connectivity index (χ4v) is 5.33. The number of urea groups is 1. The molecule has 0 fully saturated rings. The predicted octanol–water partition coefficient (Wildman–Crippen LogP) is 6.49. The van der Waals surface area contributed by atoms with E-state index in [1.54, 1.807) is 12.1 Å². The molecule has 6 nitrogen and oxygen atoms in total. The van der Waals surface area contributed by atoms with Crippen LogP contribution in [0.2, 0.25) is 0 Å². The Labute approximate surface area is 227 Å². The fraction of sp³-hybridized carbons (Fsp3) is 0.188. The molecule has 196 valence electrons. The largest absolute Gasteiger partial charge is 0.334 e. The molecule has 2 aromatic heterocycles. The molecule has 3 heterocycles. The molecule has 0 spiro atoms. The maximum atomic E-state index is 14.0. The number of halogens is 1. The zero-order valence-electron chi connectivity index (χ0n) is 22.0. The van der Waals surface area contributed by atoms with Crippen molar-refractivity contribution in [3.8, 4) is 11.5 Å².